The van der Waals surface area contributed by atoms with E-state index in [0.29, 0.717) is 40.6 Å². The van der Waals surface area contributed by atoms with Crippen molar-refractivity contribution in [3.63, 3.8) is 0 Å². The molecule has 0 heterocycles. The predicted octanol–water partition coefficient (Wildman–Crippen LogP) is 4.07. The third-order valence-corrected chi connectivity index (χ3v) is 5.48. The van der Waals surface area contributed by atoms with Crippen LogP contribution in [-0.2, 0) is 10.0 Å². The molecule has 7 nitrogen and oxygen atoms in total. The van der Waals surface area contributed by atoms with Crippen molar-refractivity contribution in [1.82, 2.24) is 0 Å². The fourth-order valence-electron chi connectivity index (χ4n) is 2.43. The molecule has 0 radical (unpaired) electrons. The molecular weight excluding hydrogens is 404 g/mol. The van der Waals surface area contributed by atoms with Gasteiger partial charge in [0, 0.05) is 11.3 Å². The van der Waals surface area contributed by atoms with Gasteiger partial charge < -0.3 is 14.8 Å². The number of rotatable bonds is 8. The highest BCUT2D eigenvalue weighted by atomic mass is 35.5. The smallest absolute Gasteiger partial charge is 0.255 e. The molecule has 0 bridgehead atoms. The minimum atomic E-state index is -3.37. The summed E-state index contributed by atoms with van der Waals surface area (Å²) in [5.74, 6) is 0.335. The summed E-state index contributed by atoms with van der Waals surface area (Å²) in [5, 5.41) is 3.03. The fraction of sp³-hybridized carbons (Fsp3) is 0.316. The van der Waals surface area contributed by atoms with Crippen molar-refractivity contribution < 1.29 is 22.7 Å². The van der Waals surface area contributed by atoms with Gasteiger partial charge in [-0.1, -0.05) is 11.6 Å². The first-order valence-corrected chi connectivity index (χ1v) is 10.7. The zero-order chi connectivity index (χ0) is 20.9. The third-order valence-electron chi connectivity index (χ3n) is 3.91. The van der Waals surface area contributed by atoms with E-state index in [0.717, 1.165) is 0 Å². The molecule has 0 saturated carbocycles. The van der Waals surface area contributed by atoms with Gasteiger partial charge in [-0.15, -0.1) is 0 Å². The van der Waals surface area contributed by atoms with E-state index < -0.39 is 10.0 Å². The number of aryl methyl sites for hydroxylation is 1. The number of halogens is 1. The molecule has 0 aromatic heterocycles. The molecule has 0 unspecified atom stereocenters. The van der Waals surface area contributed by atoms with Gasteiger partial charge in [0.15, 0.2) is 11.5 Å². The quantitative estimate of drug-likeness (QED) is 0.663. The molecule has 0 fully saturated rings. The number of methoxy groups -OCH3 is 1. The van der Waals surface area contributed by atoms with Gasteiger partial charge in [0.25, 0.3) is 5.91 Å². The Labute approximate surface area is 170 Å². The molecule has 1 amide bonds. The van der Waals surface area contributed by atoms with E-state index in [2.05, 4.69) is 10.0 Å². The lowest BCUT2D eigenvalue weighted by Gasteiger charge is -2.14. The Morgan fingerprint density at radius 1 is 1.18 bits per heavy atom. The molecule has 2 aromatic carbocycles. The van der Waals surface area contributed by atoms with Crippen LogP contribution in [0.4, 0.5) is 11.4 Å². The minimum Gasteiger partial charge on any atom is -0.493 e. The van der Waals surface area contributed by atoms with Crippen LogP contribution >= 0.6 is 11.6 Å². The number of carbonyl (C=O) groups is 1. The molecule has 2 rings (SSSR count). The molecule has 0 atom stereocenters. The zero-order valence-corrected chi connectivity index (χ0v) is 17.7. The van der Waals surface area contributed by atoms with Crippen LogP contribution in [0, 0.1) is 6.92 Å². The lowest BCUT2D eigenvalue weighted by Crippen LogP contribution is -2.16. The van der Waals surface area contributed by atoms with Crippen LogP contribution in [0.25, 0.3) is 0 Å². The van der Waals surface area contributed by atoms with Crippen LogP contribution in [0.5, 0.6) is 11.5 Å². The number of anilines is 2. The fourth-order valence-corrected chi connectivity index (χ4v) is 3.41. The first-order chi connectivity index (χ1) is 13.2. The Balaban J connectivity index is 2.23. The number of nitrogens with one attached hydrogen (secondary N) is 2. The maximum absolute atomic E-state index is 12.6. The van der Waals surface area contributed by atoms with Crippen molar-refractivity contribution in [2.45, 2.75) is 20.8 Å². The van der Waals surface area contributed by atoms with Crippen LogP contribution in [0.3, 0.4) is 0 Å². The molecule has 9 heteroatoms. The minimum absolute atomic E-state index is 0.0226. The van der Waals surface area contributed by atoms with Crippen LogP contribution in [0.1, 0.15) is 29.8 Å². The average molecular weight is 427 g/mol. The third kappa shape index (κ3) is 5.30. The number of amides is 1. The van der Waals surface area contributed by atoms with Crippen molar-refractivity contribution in [1.29, 1.82) is 0 Å². The topological polar surface area (TPSA) is 93.7 Å². The van der Waals surface area contributed by atoms with Crippen LogP contribution < -0.4 is 19.5 Å². The summed E-state index contributed by atoms with van der Waals surface area (Å²) in [6.45, 7) is 5.54. The van der Waals surface area contributed by atoms with E-state index in [4.69, 9.17) is 21.1 Å². The van der Waals surface area contributed by atoms with Crippen molar-refractivity contribution >= 4 is 38.9 Å². The summed E-state index contributed by atoms with van der Waals surface area (Å²) < 4.78 is 36.6. The van der Waals surface area contributed by atoms with Gasteiger partial charge in [-0.3, -0.25) is 9.52 Å². The van der Waals surface area contributed by atoms with E-state index in [1.807, 2.05) is 6.92 Å². The SMILES string of the molecule is CCOc1c(Cl)cc(C(=O)Nc2ccc(NS(=O)(=O)CC)c(C)c2)cc1OC. The second-order valence-corrected chi connectivity index (χ2v) is 8.33. The maximum Gasteiger partial charge on any atom is 0.255 e. The predicted molar refractivity (Wildman–Crippen MR) is 111 cm³/mol. The van der Waals surface area contributed by atoms with Crippen LogP contribution in [0.2, 0.25) is 5.02 Å². The van der Waals surface area contributed by atoms with Gasteiger partial charge in [0.05, 0.1) is 30.2 Å². The lowest BCUT2D eigenvalue weighted by atomic mass is 10.1. The number of sulfonamides is 1. The Bertz CT molecular complexity index is 977. The lowest BCUT2D eigenvalue weighted by molar-refractivity contribution is 0.102. The summed E-state index contributed by atoms with van der Waals surface area (Å²) in [4.78, 5) is 12.6. The number of benzene rings is 2. The summed E-state index contributed by atoms with van der Waals surface area (Å²) in [6.07, 6.45) is 0. The second-order valence-electron chi connectivity index (χ2n) is 5.91. The van der Waals surface area contributed by atoms with Crippen LogP contribution in [-0.4, -0.2) is 33.8 Å². The number of hydrogen-bond acceptors (Lipinski definition) is 5. The van der Waals surface area contributed by atoms with Crippen LogP contribution in [0.15, 0.2) is 30.3 Å². The van der Waals surface area contributed by atoms with Crippen molar-refractivity contribution in [2.24, 2.45) is 0 Å². The standard InChI is InChI=1S/C19H23ClN2O5S/c1-5-27-18-15(20)10-13(11-17(18)26-4)19(23)21-14-7-8-16(12(3)9-14)22-28(24,25)6-2/h7-11,22H,5-6H2,1-4H3,(H,21,23). The molecule has 0 aliphatic heterocycles. The van der Waals surface area contributed by atoms with Gasteiger partial charge in [-0.05, 0) is 56.7 Å². The summed E-state index contributed by atoms with van der Waals surface area (Å²) in [7, 11) is -1.91. The second kappa shape index (κ2) is 9.16. The van der Waals surface area contributed by atoms with Gasteiger partial charge >= 0.3 is 0 Å². The largest absolute Gasteiger partial charge is 0.493 e. The molecule has 2 aromatic rings. The molecule has 0 spiro atoms. The number of carbonyl (C=O) groups excluding carboxylic acids is 1. The maximum atomic E-state index is 12.6. The molecule has 28 heavy (non-hydrogen) atoms. The number of ether oxygens (including phenoxy) is 2. The molecule has 0 aliphatic carbocycles. The molecule has 2 N–H and O–H groups in total. The Morgan fingerprint density at radius 3 is 2.46 bits per heavy atom. The summed E-state index contributed by atoms with van der Waals surface area (Å²) in [5.41, 5.74) is 1.97. The average Bonchev–Trinajstić information content (AvgIpc) is 2.65. The molecule has 0 saturated heterocycles. The Kier molecular flexibility index (Phi) is 7.15. The highest BCUT2D eigenvalue weighted by Gasteiger charge is 2.16. The van der Waals surface area contributed by atoms with Crippen molar-refractivity contribution in [3.05, 3.63) is 46.5 Å². The normalized spacial score (nSPS) is 11.0. The summed E-state index contributed by atoms with van der Waals surface area (Å²) >= 11 is 6.21. The highest BCUT2D eigenvalue weighted by Crippen LogP contribution is 2.36. The van der Waals surface area contributed by atoms with Gasteiger partial charge in [0.2, 0.25) is 10.0 Å². The molecule has 152 valence electrons. The van der Waals surface area contributed by atoms with E-state index in [9.17, 15) is 13.2 Å². The van der Waals surface area contributed by atoms with E-state index in [-0.39, 0.29) is 16.7 Å². The van der Waals surface area contributed by atoms with E-state index in [1.54, 1.807) is 38.1 Å². The van der Waals surface area contributed by atoms with Gasteiger partial charge in [0.1, 0.15) is 0 Å². The van der Waals surface area contributed by atoms with Crippen molar-refractivity contribution in [2.75, 3.05) is 29.5 Å². The first kappa shape index (κ1) is 21.8. The monoisotopic (exact) mass is 426 g/mol. The Morgan fingerprint density at radius 2 is 1.89 bits per heavy atom. The number of hydrogen-bond donors (Lipinski definition) is 2. The van der Waals surface area contributed by atoms with Gasteiger partial charge in [-0.2, -0.15) is 0 Å². The highest BCUT2D eigenvalue weighted by molar-refractivity contribution is 7.92. The zero-order valence-electron chi connectivity index (χ0n) is 16.1. The first-order valence-electron chi connectivity index (χ1n) is 8.63. The van der Waals surface area contributed by atoms with E-state index in [1.165, 1.54) is 13.2 Å². The van der Waals surface area contributed by atoms with Gasteiger partial charge in [-0.25, -0.2) is 8.42 Å². The van der Waals surface area contributed by atoms with E-state index >= 15 is 0 Å². The molecule has 0 aliphatic rings. The summed E-state index contributed by atoms with van der Waals surface area (Å²) in [6, 6.07) is 7.94. The van der Waals surface area contributed by atoms with Crippen molar-refractivity contribution in [3.8, 4) is 11.5 Å². The Hall–Kier alpha value is -2.45. The molecular formula is C19H23ClN2O5S.